The third-order valence-corrected chi connectivity index (χ3v) is 1.34. The molecular formula is C4H5N3O5S. The Morgan fingerprint density at radius 3 is 2.54 bits per heavy atom. The number of nitrogens with two attached hydrogens (primary N) is 1. The summed E-state index contributed by atoms with van der Waals surface area (Å²) in [4.78, 5) is 23.1. The second-order valence-corrected chi connectivity index (χ2v) is 3.14. The van der Waals surface area contributed by atoms with Crippen LogP contribution in [-0.2, 0) is 10.3 Å². The molecule has 0 aliphatic heterocycles. The first-order valence-electron chi connectivity index (χ1n) is 2.93. The smallest absolute Gasteiger partial charge is 0.271 e. The first kappa shape index (κ1) is 9.48. The van der Waals surface area contributed by atoms with Crippen LogP contribution in [0.25, 0.3) is 0 Å². The van der Waals surface area contributed by atoms with Crippen molar-refractivity contribution in [3.8, 4) is 0 Å². The van der Waals surface area contributed by atoms with Gasteiger partial charge in [0.2, 0.25) is 0 Å². The van der Waals surface area contributed by atoms with Gasteiger partial charge >= 0.3 is 16.0 Å². The van der Waals surface area contributed by atoms with Crippen molar-refractivity contribution in [1.29, 1.82) is 0 Å². The first-order valence-corrected chi connectivity index (χ1v) is 4.40. The summed E-state index contributed by atoms with van der Waals surface area (Å²) in [6.45, 7) is 0. The van der Waals surface area contributed by atoms with Crippen LogP contribution in [0.2, 0.25) is 0 Å². The molecule has 0 aliphatic carbocycles. The molecule has 0 fully saturated rings. The number of rotatable bonds is 2. The number of H-pyrrole nitrogens is 1. The van der Waals surface area contributed by atoms with Crippen LogP contribution in [0.4, 0.5) is 0 Å². The summed E-state index contributed by atoms with van der Waals surface area (Å²) in [6, 6.07) is 0.909. The highest BCUT2D eigenvalue weighted by Crippen LogP contribution is 1.74. The molecule has 0 aromatic carbocycles. The van der Waals surface area contributed by atoms with Gasteiger partial charge in [0.15, 0.2) is 0 Å². The maximum absolute atomic E-state index is 10.8. The topological polar surface area (TPSA) is 124 Å². The lowest BCUT2D eigenvalue weighted by molar-refractivity contribution is 0.261. The molecule has 3 N–H and O–H groups in total. The van der Waals surface area contributed by atoms with Gasteiger partial charge in [-0.25, -0.2) is 4.79 Å². The fourth-order valence-electron chi connectivity index (χ4n) is 0.576. The van der Waals surface area contributed by atoms with Gasteiger partial charge in [-0.3, -0.25) is 14.1 Å². The average Bonchev–Trinajstić information content (AvgIpc) is 1.93. The van der Waals surface area contributed by atoms with Gasteiger partial charge in [-0.15, -0.1) is 4.73 Å². The minimum atomic E-state index is -4.27. The van der Waals surface area contributed by atoms with E-state index < -0.39 is 21.6 Å². The van der Waals surface area contributed by atoms with Crippen molar-refractivity contribution in [2.75, 3.05) is 0 Å². The summed E-state index contributed by atoms with van der Waals surface area (Å²) in [5, 5.41) is 4.47. The molecule has 0 aliphatic rings. The highest BCUT2D eigenvalue weighted by Gasteiger charge is 2.05. The molecule has 13 heavy (non-hydrogen) atoms. The van der Waals surface area contributed by atoms with E-state index in [9.17, 15) is 18.0 Å². The molecule has 0 atom stereocenters. The Morgan fingerprint density at radius 1 is 1.46 bits per heavy atom. The molecule has 0 bridgehead atoms. The van der Waals surface area contributed by atoms with E-state index in [0.29, 0.717) is 0 Å². The zero-order valence-corrected chi connectivity index (χ0v) is 6.95. The Morgan fingerprint density at radius 2 is 2.08 bits per heavy atom. The van der Waals surface area contributed by atoms with Crippen LogP contribution in [0.15, 0.2) is 21.9 Å². The Kier molecular flexibility index (Phi) is 2.21. The lowest BCUT2D eigenvalue weighted by Crippen LogP contribution is -2.37. The predicted molar refractivity (Wildman–Crippen MR) is 41.0 cm³/mol. The molecule has 1 aromatic rings. The molecule has 0 amide bonds. The molecule has 1 rings (SSSR count). The van der Waals surface area contributed by atoms with E-state index in [0.717, 1.165) is 12.3 Å². The van der Waals surface area contributed by atoms with E-state index in [1.165, 1.54) is 0 Å². The molecule has 72 valence electrons. The number of hydrogen-bond acceptors (Lipinski definition) is 5. The summed E-state index contributed by atoms with van der Waals surface area (Å²) in [7, 11) is -4.27. The van der Waals surface area contributed by atoms with E-state index in [4.69, 9.17) is 0 Å². The third kappa shape index (κ3) is 2.72. The molecule has 0 spiro atoms. The lowest BCUT2D eigenvalue weighted by Gasteiger charge is -2.01. The molecule has 0 radical (unpaired) electrons. The van der Waals surface area contributed by atoms with Crippen molar-refractivity contribution < 1.29 is 12.7 Å². The van der Waals surface area contributed by atoms with Crippen LogP contribution >= 0.6 is 0 Å². The quantitative estimate of drug-likeness (QED) is 0.540. The molecule has 1 aromatic heterocycles. The summed E-state index contributed by atoms with van der Waals surface area (Å²) < 4.78 is 24.9. The molecule has 8 nitrogen and oxygen atoms in total. The van der Waals surface area contributed by atoms with Gasteiger partial charge in [0.1, 0.15) is 0 Å². The zero-order valence-electron chi connectivity index (χ0n) is 6.13. The van der Waals surface area contributed by atoms with E-state index >= 15 is 0 Å². The maximum atomic E-state index is 10.8. The minimum absolute atomic E-state index is 0.288. The van der Waals surface area contributed by atoms with Crippen LogP contribution in [0, 0.1) is 0 Å². The van der Waals surface area contributed by atoms with Gasteiger partial charge in [-0.1, -0.05) is 0 Å². The largest absolute Gasteiger partial charge is 0.398 e. The van der Waals surface area contributed by atoms with Gasteiger partial charge in [0.25, 0.3) is 5.56 Å². The second-order valence-electron chi connectivity index (χ2n) is 2.00. The SMILES string of the molecule is NS(=O)(=O)On1ccc(=O)[nH]c1=O. The number of hydrogen-bond donors (Lipinski definition) is 2. The van der Waals surface area contributed by atoms with Gasteiger partial charge in [-0.2, -0.15) is 13.6 Å². The summed E-state index contributed by atoms with van der Waals surface area (Å²) in [5.41, 5.74) is -1.69. The fourth-order valence-corrected chi connectivity index (χ4v) is 0.917. The van der Waals surface area contributed by atoms with Gasteiger partial charge < -0.3 is 0 Å². The van der Waals surface area contributed by atoms with Crippen LogP contribution < -0.4 is 20.7 Å². The highest BCUT2D eigenvalue weighted by atomic mass is 32.2. The summed E-state index contributed by atoms with van der Waals surface area (Å²) in [6.07, 6.45) is 0.839. The Balaban J connectivity index is 3.19. The van der Waals surface area contributed by atoms with Crippen molar-refractivity contribution in [2.24, 2.45) is 5.14 Å². The molecular weight excluding hydrogens is 202 g/mol. The average molecular weight is 207 g/mol. The Bertz CT molecular complexity index is 511. The van der Waals surface area contributed by atoms with Gasteiger partial charge in [0, 0.05) is 6.07 Å². The number of nitrogens with one attached hydrogen (secondary N) is 1. The molecule has 0 saturated heterocycles. The van der Waals surface area contributed by atoms with Crippen molar-refractivity contribution >= 4 is 10.3 Å². The Hall–Kier alpha value is -1.61. The van der Waals surface area contributed by atoms with Crippen molar-refractivity contribution in [1.82, 2.24) is 9.71 Å². The maximum Gasteiger partial charge on any atom is 0.398 e. The van der Waals surface area contributed by atoms with E-state index in [2.05, 4.69) is 9.42 Å². The third-order valence-electron chi connectivity index (χ3n) is 0.976. The van der Waals surface area contributed by atoms with Crippen molar-refractivity contribution in [2.45, 2.75) is 0 Å². The second kappa shape index (κ2) is 3.03. The molecule has 0 unspecified atom stereocenters. The minimum Gasteiger partial charge on any atom is -0.271 e. The van der Waals surface area contributed by atoms with Crippen molar-refractivity contribution in [3.63, 3.8) is 0 Å². The highest BCUT2D eigenvalue weighted by molar-refractivity contribution is 7.84. The van der Waals surface area contributed by atoms with Gasteiger partial charge in [0.05, 0.1) is 6.20 Å². The molecule has 0 saturated carbocycles. The van der Waals surface area contributed by atoms with Crippen LogP contribution in [-0.4, -0.2) is 18.1 Å². The van der Waals surface area contributed by atoms with Crippen molar-refractivity contribution in [3.05, 3.63) is 33.1 Å². The van der Waals surface area contributed by atoms with Crippen LogP contribution in [0.3, 0.4) is 0 Å². The standard InChI is InChI=1S/C4H5N3O5S/c5-13(10,11)12-7-2-1-3(8)6-4(7)9/h1-2H,(H2,5,10,11)(H,6,8,9). The molecule has 1 heterocycles. The van der Waals surface area contributed by atoms with Crippen LogP contribution in [0.5, 0.6) is 0 Å². The number of nitrogens with zero attached hydrogens (tertiary/aromatic N) is 1. The van der Waals surface area contributed by atoms with E-state index in [-0.39, 0.29) is 4.73 Å². The monoisotopic (exact) mass is 207 g/mol. The van der Waals surface area contributed by atoms with E-state index in [1.807, 2.05) is 0 Å². The normalized spacial score (nSPS) is 11.2. The lowest BCUT2D eigenvalue weighted by atomic mass is 10.7. The summed E-state index contributed by atoms with van der Waals surface area (Å²) in [5.74, 6) is 0. The predicted octanol–water partition coefficient (Wildman–Crippen LogP) is -2.83. The number of aromatic nitrogens is 2. The van der Waals surface area contributed by atoms with E-state index in [1.54, 1.807) is 4.98 Å². The molecule has 9 heteroatoms. The Labute approximate surface area is 71.8 Å². The van der Waals surface area contributed by atoms with Crippen LogP contribution in [0.1, 0.15) is 0 Å². The summed E-state index contributed by atoms with van der Waals surface area (Å²) >= 11 is 0. The fraction of sp³-hybridized carbons (Fsp3) is 0. The zero-order chi connectivity index (χ0) is 10.1. The number of aromatic amines is 1. The van der Waals surface area contributed by atoms with Gasteiger partial charge in [-0.05, 0) is 0 Å². The first-order chi connectivity index (χ1) is 5.88.